The predicted octanol–water partition coefficient (Wildman–Crippen LogP) is 5.25. The number of benzene rings is 3. The summed E-state index contributed by atoms with van der Waals surface area (Å²) in [5.41, 5.74) is 3.12. The monoisotopic (exact) mass is 439 g/mol. The van der Waals surface area contributed by atoms with Gasteiger partial charge in [0, 0.05) is 19.6 Å². The Morgan fingerprint density at radius 2 is 1.27 bits per heavy atom. The number of anilines is 2. The van der Waals surface area contributed by atoms with Crippen LogP contribution in [-0.2, 0) is 19.5 Å². The van der Waals surface area contributed by atoms with Crippen molar-refractivity contribution in [1.29, 1.82) is 0 Å². The van der Waals surface area contributed by atoms with E-state index in [1.54, 1.807) is 0 Å². The Labute approximate surface area is 192 Å². The molecule has 4 rings (SSSR count). The van der Waals surface area contributed by atoms with Crippen LogP contribution in [0.3, 0.4) is 0 Å². The summed E-state index contributed by atoms with van der Waals surface area (Å²) in [6, 6.07) is 29.7. The molecule has 0 atom stereocenters. The SMILES string of the molecule is O=[N+]([O-])c1c(NCCc2ccccc2)ncnc1N(Cc1ccccc1)Cc1ccccc1. The molecule has 0 radical (unpaired) electrons. The molecule has 0 fully saturated rings. The Hall–Kier alpha value is -4.26. The minimum atomic E-state index is -0.400. The van der Waals surface area contributed by atoms with E-state index in [0.717, 1.165) is 23.1 Å². The zero-order valence-corrected chi connectivity index (χ0v) is 18.2. The van der Waals surface area contributed by atoms with E-state index in [0.29, 0.717) is 25.5 Å². The van der Waals surface area contributed by atoms with Crippen LogP contribution in [-0.4, -0.2) is 21.4 Å². The van der Waals surface area contributed by atoms with E-state index in [9.17, 15) is 10.1 Å². The maximum Gasteiger partial charge on any atom is 0.353 e. The summed E-state index contributed by atoms with van der Waals surface area (Å²) in [7, 11) is 0. The number of hydrogen-bond donors (Lipinski definition) is 1. The van der Waals surface area contributed by atoms with Crippen LogP contribution in [0, 0.1) is 10.1 Å². The van der Waals surface area contributed by atoms with E-state index in [2.05, 4.69) is 15.3 Å². The molecule has 0 saturated carbocycles. The number of rotatable bonds is 10. The quantitative estimate of drug-likeness (QED) is 0.268. The van der Waals surface area contributed by atoms with Gasteiger partial charge in [-0.15, -0.1) is 0 Å². The summed E-state index contributed by atoms with van der Waals surface area (Å²) >= 11 is 0. The van der Waals surface area contributed by atoms with E-state index in [1.807, 2.05) is 95.9 Å². The third-order valence-electron chi connectivity index (χ3n) is 5.27. The standard InChI is InChI=1S/C26H25N5O2/c32-31(33)24-25(27-17-16-21-10-4-1-5-11-21)28-20-29-26(24)30(18-22-12-6-2-7-13-22)19-23-14-8-3-9-15-23/h1-15,20H,16-19H2,(H,27,28,29). The second kappa shape index (κ2) is 10.9. The molecule has 1 heterocycles. The summed E-state index contributed by atoms with van der Waals surface area (Å²) < 4.78 is 0. The van der Waals surface area contributed by atoms with Crippen LogP contribution >= 0.6 is 0 Å². The summed E-state index contributed by atoms with van der Waals surface area (Å²) in [6.45, 7) is 1.49. The van der Waals surface area contributed by atoms with E-state index in [4.69, 9.17) is 0 Å². The first kappa shape index (κ1) is 22.0. The molecule has 33 heavy (non-hydrogen) atoms. The van der Waals surface area contributed by atoms with Gasteiger partial charge >= 0.3 is 5.69 Å². The molecular weight excluding hydrogens is 414 g/mol. The zero-order valence-electron chi connectivity index (χ0n) is 18.2. The third-order valence-corrected chi connectivity index (χ3v) is 5.27. The van der Waals surface area contributed by atoms with Crippen LogP contribution in [0.1, 0.15) is 16.7 Å². The van der Waals surface area contributed by atoms with E-state index >= 15 is 0 Å². The lowest BCUT2D eigenvalue weighted by Gasteiger charge is -2.24. The lowest BCUT2D eigenvalue weighted by atomic mass is 10.1. The van der Waals surface area contributed by atoms with Gasteiger partial charge in [-0.05, 0) is 23.1 Å². The van der Waals surface area contributed by atoms with Crippen LogP contribution in [0.2, 0.25) is 0 Å². The highest BCUT2D eigenvalue weighted by Gasteiger charge is 2.27. The minimum absolute atomic E-state index is 0.113. The van der Waals surface area contributed by atoms with Crippen molar-refractivity contribution in [1.82, 2.24) is 9.97 Å². The molecule has 0 aliphatic carbocycles. The molecule has 0 spiro atoms. The normalized spacial score (nSPS) is 10.5. The molecule has 166 valence electrons. The van der Waals surface area contributed by atoms with Crippen molar-refractivity contribution in [3.05, 3.63) is 124 Å². The Balaban J connectivity index is 1.63. The molecule has 0 aliphatic rings. The number of nitro groups is 1. The molecule has 0 unspecified atom stereocenters. The first-order chi connectivity index (χ1) is 16.2. The number of nitrogens with one attached hydrogen (secondary N) is 1. The molecule has 0 saturated heterocycles. The largest absolute Gasteiger partial charge is 0.364 e. The van der Waals surface area contributed by atoms with E-state index in [1.165, 1.54) is 6.33 Å². The van der Waals surface area contributed by atoms with Crippen LogP contribution in [0.15, 0.2) is 97.3 Å². The smallest absolute Gasteiger partial charge is 0.353 e. The topological polar surface area (TPSA) is 84.2 Å². The molecule has 0 bridgehead atoms. The highest BCUT2D eigenvalue weighted by atomic mass is 16.6. The number of aromatic nitrogens is 2. The maximum atomic E-state index is 12.1. The van der Waals surface area contributed by atoms with Gasteiger partial charge in [-0.3, -0.25) is 10.1 Å². The van der Waals surface area contributed by atoms with Gasteiger partial charge < -0.3 is 10.2 Å². The van der Waals surface area contributed by atoms with Gasteiger partial charge in [-0.1, -0.05) is 91.0 Å². The summed E-state index contributed by atoms with van der Waals surface area (Å²) in [5.74, 6) is 0.525. The first-order valence-electron chi connectivity index (χ1n) is 10.8. The molecule has 7 nitrogen and oxygen atoms in total. The van der Waals surface area contributed by atoms with Crippen molar-refractivity contribution in [2.45, 2.75) is 19.5 Å². The molecule has 1 aromatic heterocycles. The fraction of sp³-hybridized carbons (Fsp3) is 0.154. The second-order valence-corrected chi connectivity index (χ2v) is 7.64. The summed E-state index contributed by atoms with van der Waals surface area (Å²) in [6.07, 6.45) is 2.12. The molecule has 0 amide bonds. The minimum Gasteiger partial charge on any atom is -0.364 e. The number of hydrogen-bond acceptors (Lipinski definition) is 6. The van der Waals surface area contributed by atoms with Crippen LogP contribution < -0.4 is 10.2 Å². The Morgan fingerprint density at radius 3 is 1.79 bits per heavy atom. The molecule has 7 heteroatoms. The fourth-order valence-corrected chi connectivity index (χ4v) is 3.68. The van der Waals surface area contributed by atoms with Gasteiger partial charge in [0.2, 0.25) is 11.6 Å². The van der Waals surface area contributed by atoms with Gasteiger partial charge in [-0.25, -0.2) is 9.97 Å². The zero-order chi connectivity index (χ0) is 22.9. The Bertz CT molecular complexity index is 1130. The van der Waals surface area contributed by atoms with Gasteiger partial charge in [0.1, 0.15) is 6.33 Å². The second-order valence-electron chi connectivity index (χ2n) is 7.64. The van der Waals surface area contributed by atoms with E-state index < -0.39 is 4.92 Å². The number of nitrogens with zero attached hydrogens (tertiary/aromatic N) is 4. The van der Waals surface area contributed by atoms with Gasteiger partial charge in [0.15, 0.2) is 0 Å². The van der Waals surface area contributed by atoms with Gasteiger partial charge in [0.05, 0.1) is 4.92 Å². The lowest BCUT2D eigenvalue weighted by molar-refractivity contribution is -0.383. The molecule has 4 aromatic rings. The van der Waals surface area contributed by atoms with E-state index in [-0.39, 0.29) is 11.5 Å². The van der Waals surface area contributed by atoms with Gasteiger partial charge in [0.25, 0.3) is 0 Å². The van der Waals surface area contributed by atoms with Crippen LogP contribution in [0.25, 0.3) is 0 Å². The van der Waals surface area contributed by atoms with Crippen molar-refractivity contribution in [3.63, 3.8) is 0 Å². The fourth-order valence-electron chi connectivity index (χ4n) is 3.68. The van der Waals surface area contributed by atoms with Crippen molar-refractivity contribution < 1.29 is 4.92 Å². The predicted molar refractivity (Wildman–Crippen MR) is 130 cm³/mol. The lowest BCUT2D eigenvalue weighted by Crippen LogP contribution is -2.25. The molecule has 3 aromatic carbocycles. The van der Waals surface area contributed by atoms with Crippen LogP contribution in [0.5, 0.6) is 0 Å². The highest BCUT2D eigenvalue weighted by molar-refractivity contribution is 5.70. The van der Waals surface area contributed by atoms with Crippen molar-refractivity contribution >= 4 is 17.3 Å². The molecule has 1 N–H and O–H groups in total. The van der Waals surface area contributed by atoms with Crippen molar-refractivity contribution in [2.75, 3.05) is 16.8 Å². The Morgan fingerprint density at radius 1 is 0.758 bits per heavy atom. The summed E-state index contributed by atoms with van der Waals surface area (Å²) in [5, 5.41) is 15.3. The molecule has 0 aliphatic heterocycles. The maximum absolute atomic E-state index is 12.1. The molecular formula is C26H25N5O2. The summed E-state index contributed by atoms with van der Waals surface area (Å²) in [4.78, 5) is 22.2. The highest BCUT2D eigenvalue weighted by Crippen LogP contribution is 2.33. The van der Waals surface area contributed by atoms with Gasteiger partial charge in [-0.2, -0.15) is 0 Å². The average Bonchev–Trinajstić information content (AvgIpc) is 2.85. The average molecular weight is 440 g/mol. The third kappa shape index (κ3) is 5.92. The first-order valence-corrected chi connectivity index (χ1v) is 10.8. The van der Waals surface area contributed by atoms with Crippen molar-refractivity contribution in [3.8, 4) is 0 Å². The van der Waals surface area contributed by atoms with Crippen molar-refractivity contribution in [2.24, 2.45) is 0 Å². The Kier molecular flexibility index (Phi) is 7.22. The van der Waals surface area contributed by atoms with Crippen LogP contribution in [0.4, 0.5) is 17.3 Å².